The van der Waals surface area contributed by atoms with Crippen LogP contribution in [0.3, 0.4) is 0 Å². The minimum Gasteiger partial charge on any atom is -0.496 e. The smallest absolute Gasteiger partial charge is 0.307 e. The van der Waals surface area contributed by atoms with Crippen molar-refractivity contribution in [3.63, 3.8) is 0 Å². The Bertz CT molecular complexity index is 457. The van der Waals surface area contributed by atoms with E-state index < -0.39 is 0 Å². The zero-order valence-electron chi connectivity index (χ0n) is 13.7. The molecule has 0 aliphatic heterocycles. The molecule has 0 aliphatic rings. The second-order valence-corrected chi connectivity index (χ2v) is 5.80. The lowest BCUT2D eigenvalue weighted by Crippen LogP contribution is -2.36. The van der Waals surface area contributed by atoms with Crippen molar-refractivity contribution in [3.05, 3.63) is 29.3 Å². The fraction of sp³-hybridized carbons (Fsp3) is 0.588. The summed E-state index contributed by atoms with van der Waals surface area (Å²) in [5, 5.41) is 3.45. The molecule has 0 spiro atoms. The first-order valence-corrected chi connectivity index (χ1v) is 7.40. The Morgan fingerprint density at radius 3 is 2.57 bits per heavy atom. The molecule has 1 aromatic rings. The summed E-state index contributed by atoms with van der Waals surface area (Å²) in [6, 6.07) is 6.16. The number of nitrogens with one attached hydrogen (secondary N) is 1. The number of methoxy groups -OCH3 is 2. The summed E-state index contributed by atoms with van der Waals surface area (Å²) in [5.41, 5.74) is 2.30. The largest absolute Gasteiger partial charge is 0.496 e. The molecule has 4 heteroatoms. The molecule has 0 amide bonds. The van der Waals surface area contributed by atoms with Crippen LogP contribution < -0.4 is 10.1 Å². The number of hydrogen-bond donors (Lipinski definition) is 1. The van der Waals surface area contributed by atoms with Crippen molar-refractivity contribution < 1.29 is 14.3 Å². The molecular formula is C17H27NO3. The van der Waals surface area contributed by atoms with Crippen molar-refractivity contribution in [2.75, 3.05) is 20.8 Å². The van der Waals surface area contributed by atoms with Crippen LogP contribution in [0.5, 0.6) is 5.75 Å². The van der Waals surface area contributed by atoms with Gasteiger partial charge in [0, 0.05) is 6.04 Å². The molecule has 1 atom stereocenters. The number of rotatable bonds is 8. The molecule has 0 saturated heterocycles. The van der Waals surface area contributed by atoms with Crippen LogP contribution in [0, 0.1) is 12.8 Å². The van der Waals surface area contributed by atoms with Crippen LogP contribution in [0.4, 0.5) is 0 Å². The Morgan fingerprint density at radius 2 is 2.00 bits per heavy atom. The van der Waals surface area contributed by atoms with E-state index in [-0.39, 0.29) is 12.0 Å². The fourth-order valence-electron chi connectivity index (χ4n) is 2.24. The normalized spacial score (nSPS) is 12.3. The van der Waals surface area contributed by atoms with Crippen molar-refractivity contribution in [3.8, 4) is 5.75 Å². The number of aryl methyl sites for hydroxylation is 1. The maximum Gasteiger partial charge on any atom is 0.307 e. The van der Waals surface area contributed by atoms with E-state index in [2.05, 4.69) is 32.2 Å². The first-order valence-electron chi connectivity index (χ1n) is 7.40. The quantitative estimate of drug-likeness (QED) is 0.749. The highest BCUT2D eigenvalue weighted by molar-refractivity contribution is 5.70. The zero-order chi connectivity index (χ0) is 15.8. The minimum atomic E-state index is -0.192. The van der Waals surface area contributed by atoms with E-state index in [1.165, 1.54) is 12.7 Å². The van der Waals surface area contributed by atoms with Gasteiger partial charge in [-0.2, -0.15) is 0 Å². The molecule has 0 saturated carbocycles. The zero-order valence-corrected chi connectivity index (χ0v) is 13.7. The van der Waals surface area contributed by atoms with Crippen molar-refractivity contribution in [2.45, 2.75) is 39.7 Å². The van der Waals surface area contributed by atoms with E-state index in [0.717, 1.165) is 24.3 Å². The lowest BCUT2D eigenvalue weighted by molar-refractivity contribution is -0.141. The number of ether oxygens (including phenoxy) is 2. The Morgan fingerprint density at radius 1 is 1.29 bits per heavy atom. The Hall–Kier alpha value is -1.55. The summed E-state index contributed by atoms with van der Waals surface area (Å²) < 4.78 is 10.2. The predicted molar refractivity (Wildman–Crippen MR) is 84.7 cm³/mol. The highest BCUT2D eigenvalue weighted by Crippen LogP contribution is 2.22. The molecule has 0 radical (unpaired) electrons. The van der Waals surface area contributed by atoms with Crippen molar-refractivity contribution in [1.82, 2.24) is 5.32 Å². The summed E-state index contributed by atoms with van der Waals surface area (Å²) in [6.07, 6.45) is 1.10. The number of carbonyl (C=O) groups is 1. The third kappa shape index (κ3) is 6.17. The second kappa shape index (κ2) is 8.67. The average Bonchev–Trinajstić information content (AvgIpc) is 2.44. The minimum absolute atomic E-state index is 0.0514. The lowest BCUT2D eigenvalue weighted by Gasteiger charge is -2.20. The van der Waals surface area contributed by atoms with Gasteiger partial charge in [0.1, 0.15) is 5.75 Å². The molecule has 0 aromatic heterocycles. The van der Waals surface area contributed by atoms with Gasteiger partial charge in [0.25, 0.3) is 0 Å². The van der Waals surface area contributed by atoms with Gasteiger partial charge in [-0.3, -0.25) is 4.79 Å². The van der Waals surface area contributed by atoms with Gasteiger partial charge < -0.3 is 14.8 Å². The molecule has 1 rings (SSSR count). The highest BCUT2D eigenvalue weighted by Gasteiger charge is 2.17. The number of hydrogen-bond acceptors (Lipinski definition) is 4. The summed E-state index contributed by atoms with van der Waals surface area (Å²) in [4.78, 5) is 11.6. The van der Waals surface area contributed by atoms with Crippen LogP contribution in [-0.4, -0.2) is 32.8 Å². The van der Waals surface area contributed by atoms with Gasteiger partial charge in [-0.25, -0.2) is 0 Å². The first kappa shape index (κ1) is 17.5. The molecule has 0 aliphatic carbocycles. The van der Waals surface area contributed by atoms with Crippen LogP contribution in [-0.2, 0) is 16.0 Å². The number of benzene rings is 1. The number of esters is 1. The topological polar surface area (TPSA) is 47.6 Å². The first-order chi connectivity index (χ1) is 9.96. The SMILES string of the molecule is COC(=O)CC(Cc1cc(C)ccc1OC)NCC(C)C. The van der Waals surface area contributed by atoms with Crippen molar-refractivity contribution in [2.24, 2.45) is 5.92 Å². The Labute approximate surface area is 127 Å². The maximum atomic E-state index is 11.6. The second-order valence-electron chi connectivity index (χ2n) is 5.80. The third-order valence-corrected chi connectivity index (χ3v) is 3.36. The summed E-state index contributed by atoms with van der Waals surface area (Å²) in [5.74, 6) is 1.20. The van der Waals surface area contributed by atoms with Gasteiger partial charge in [0.2, 0.25) is 0 Å². The van der Waals surface area contributed by atoms with Gasteiger partial charge in [-0.1, -0.05) is 31.5 Å². The van der Waals surface area contributed by atoms with Gasteiger partial charge in [0.05, 0.1) is 20.6 Å². The van der Waals surface area contributed by atoms with E-state index in [9.17, 15) is 4.79 Å². The van der Waals surface area contributed by atoms with Crippen LogP contribution in [0.2, 0.25) is 0 Å². The molecule has 0 bridgehead atoms. The standard InChI is InChI=1S/C17H27NO3/c1-12(2)11-18-15(10-17(19)21-5)9-14-8-13(3)6-7-16(14)20-4/h6-8,12,15,18H,9-11H2,1-5H3. The molecule has 21 heavy (non-hydrogen) atoms. The number of carbonyl (C=O) groups excluding carboxylic acids is 1. The van der Waals surface area contributed by atoms with Gasteiger partial charge >= 0.3 is 5.97 Å². The predicted octanol–water partition coefficient (Wildman–Crippen LogP) is 2.72. The molecule has 1 unspecified atom stereocenters. The van der Waals surface area contributed by atoms with Crippen LogP contribution >= 0.6 is 0 Å². The molecule has 4 nitrogen and oxygen atoms in total. The van der Waals surface area contributed by atoms with Crippen molar-refractivity contribution >= 4 is 5.97 Å². The Kier molecular flexibility index (Phi) is 7.23. The van der Waals surface area contributed by atoms with Crippen LogP contribution in [0.1, 0.15) is 31.4 Å². The Balaban J connectivity index is 2.83. The highest BCUT2D eigenvalue weighted by atomic mass is 16.5. The van der Waals surface area contributed by atoms with Gasteiger partial charge in [-0.15, -0.1) is 0 Å². The molecule has 0 fully saturated rings. The molecular weight excluding hydrogens is 266 g/mol. The average molecular weight is 293 g/mol. The molecule has 0 heterocycles. The molecule has 118 valence electrons. The molecule has 1 N–H and O–H groups in total. The van der Waals surface area contributed by atoms with Crippen LogP contribution in [0.15, 0.2) is 18.2 Å². The van der Waals surface area contributed by atoms with E-state index in [0.29, 0.717) is 12.3 Å². The van der Waals surface area contributed by atoms with Gasteiger partial charge in [0.15, 0.2) is 0 Å². The van der Waals surface area contributed by atoms with Crippen molar-refractivity contribution in [1.29, 1.82) is 0 Å². The van der Waals surface area contributed by atoms with E-state index >= 15 is 0 Å². The molecule has 1 aromatic carbocycles. The monoisotopic (exact) mass is 293 g/mol. The lowest BCUT2D eigenvalue weighted by atomic mass is 10.00. The van der Waals surface area contributed by atoms with E-state index in [1.807, 2.05) is 12.1 Å². The third-order valence-electron chi connectivity index (χ3n) is 3.36. The summed E-state index contributed by atoms with van der Waals surface area (Å²) in [7, 11) is 3.10. The fourth-order valence-corrected chi connectivity index (χ4v) is 2.24. The summed E-state index contributed by atoms with van der Waals surface area (Å²) in [6.45, 7) is 7.22. The summed E-state index contributed by atoms with van der Waals surface area (Å²) >= 11 is 0. The van der Waals surface area contributed by atoms with Crippen LogP contribution in [0.25, 0.3) is 0 Å². The van der Waals surface area contributed by atoms with E-state index in [4.69, 9.17) is 9.47 Å². The maximum absolute atomic E-state index is 11.6. The van der Waals surface area contributed by atoms with Gasteiger partial charge in [-0.05, 0) is 37.4 Å². The van der Waals surface area contributed by atoms with E-state index in [1.54, 1.807) is 7.11 Å².